The van der Waals surface area contributed by atoms with Gasteiger partial charge in [0.05, 0.1) is 17.3 Å². The van der Waals surface area contributed by atoms with Crippen molar-refractivity contribution in [2.45, 2.75) is 10.9 Å². The van der Waals surface area contributed by atoms with Gasteiger partial charge in [0.25, 0.3) is 0 Å². The maximum absolute atomic E-state index is 13.0. The Morgan fingerprint density at radius 3 is 2.57 bits per heavy atom. The van der Waals surface area contributed by atoms with Crippen LogP contribution < -0.4 is 10.6 Å². The fraction of sp³-hybridized carbons (Fsp3) is 0.190. The summed E-state index contributed by atoms with van der Waals surface area (Å²) in [6.07, 6.45) is 1.96. The summed E-state index contributed by atoms with van der Waals surface area (Å²) in [6, 6.07) is 11.7. The van der Waals surface area contributed by atoms with E-state index in [2.05, 4.69) is 10.6 Å². The molecule has 1 unspecified atom stereocenters. The molecule has 0 spiro atoms. The Balaban J connectivity index is 1.57. The topological polar surface area (TPSA) is 87.7 Å². The first-order valence-corrected chi connectivity index (χ1v) is 10.4. The predicted molar refractivity (Wildman–Crippen MR) is 109 cm³/mol. The Labute approximate surface area is 176 Å². The number of nitrogens with zero attached hydrogens (tertiary/aromatic N) is 1. The lowest BCUT2D eigenvalue weighted by Crippen LogP contribution is -2.49. The zero-order valence-electron chi connectivity index (χ0n) is 16.0. The van der Waals surface area contributed by atoms with Crippen molar-refractivity contribution >= 4 is 35.4 Å². The lowest BCUT2D eigenvalue weighted by molar-refractivity contribution is -0.136. The number of ether oxygens (including phenoxy) is 1. The Kier molecular flexibility index (Phi) is 5.45. The van der Waals surface area contributed by atoms with Crippen LogP contribution >= 0.6 is 11.8 Å². The SMILES string of the molecule is CSc1ccc(C2NC(=O)N(CC(=O)Nc3ccc(F)cc3)C3=C2C(=O)OC3)cc1. The van der Waals surface area contributed by atoms with Crippen molar-refractivity contribution in [1.82, 2.24) is 10.2 Å². The first-order chi connectivity index (χ1) is 14.5. The highest BCUT2D eigenvalue weighted by Gasteiger charge is 2.42. The molecule has 7 nitrogen and oxygen atoms in total. The van der Waals surface area contributed by atoms with E-state index in [9.17, 15) is 18.8 Å². The highest BCUT2D eigenvalue weighted by molar-refractivity contribution is 7.98. The van der Waals surface area contributed by atoms with Crippen LogP contribution in [-0.2, 0) is 14.3 Å². The van der Waals surface area contributed by atoms with Gasteiger partial charge in [-0.3, -0.25) is 9.69 Å². The third-order valence-electron chi connectivity index (χ3n) is 4.88. The number of amides is 3. The number of urea groups is 1. The molecule has 0 saturated heterocycles. The van der Waals surface area contributed by atoms with Gasteiger partial charge in [0.1, 0.15) is 19.0 Å². The van der Waals surface area contributed by atoms with Gasteiger partial charge in [0.15, 0.2) is 0 Å². The summed E-state index contributed by atoms with van der Waals surface area (Å²) in [5, 5.41) is 5.40. The molecular formula is C21H18FN3O4S. The first-order valence-electron chi connectivity index (χ1n) is 9.14. The second-order valence-electron chi connectivity index (χ2n) is 6.73. The van der Waals surface area contributed by atoms with Crippen LogP contribution in [0.3, 0.4) is 0 Å². The van der Waals surface area contributed by atoms with Crippen molar-refractivity contribution in [3.05, 3.63) is 71.2 Å². The molecular weight excluding hydrogens is 409 g/mol. The Morgan fingerprint density at radius 1 is 1.20 bits per heavy atom. The van der Waals surface area contributed by atoms with Gasteiger partial charge in [-0.15, -0.1) is 11.8 Å². The Hall–Kier alpha value is -3.33. The van der Waals surface area contributed by atoms with Crippen LogP contribution in [0.2, 0.25) is 0 Å². The third kappa shape index (κ3) is 3.88. The summed E-state index contributed by atoms with van der Waals surface area (Å²) in [5.41, 5.74) is 1.85. The van der Waals surface area contributed by atoms with Crippen LogP contribution in [-0.4, -0.2) is 42.2 Å². The molecule has 2 aromatic carbocycles. The number of hydrogen-bond acceptors (Lipinski definition) is 5. The minimum absolute atomic E-state index is 0.0786. The summed E-state index contributed by atoms with van der Waals surface area (Å²) >= 11 is 1.59. The molecule has 2 aliphatic rings. The van der Waals surface area contributed by atoms with E-state index in [1.807, 2.05) is 30.5 Å². The fourth-order valence-electron chi connectivity index (χ4n) is 3.40. The molecule has 9 heteroatoms. The van der Waals surface area contributed by atoms with Gasteiger partial charge >= 0.3 is 12.0 Å². The number of carbonyl (C=O) groups excluding carboxylic acids is 3. The number of thioether (sulfide) groups is 1. The second kappa shape index (κ2) is 8.19. The molecule has 2 aromatic rings. The lowest BCUT2D eigenvalue weighted by atomic mass is 9.96. The number of halogens is 1. The van der Waals surface area contributed by atoms with E-state index < -0.39 is 29.8 Å². The van der Waals surface area contributed by atoms with Crippen molar-refractivity contribution < 1.29 is 23.5 Å². The fourth-order valence-corrected chi connectivity index (χ4v) is 3.81. The minimum Gasteiger partial charge on any atom is -0.456 e. The molecule has 30 heavy (non-hydrogen) atoms. The number of esters is 1. The van der Waals surface area contributed by atoms with Gasteiger partial charge in [-0.2, -0.15) is 0 Å². The van der Waals surface area contributed by atoms with E-state index in [1.54, 1.807) is 11.8 Å². The van der Waals surface area contributed by atoms with E-state index in [0.29, 0.717) is 17.0 Å². The van der Waals surface area contributed by atoms with Crippen LogP contribution in [0.1, 0.15) is 11.6 Å². The number of benzene rings is 2. The molecule has 0 saturated carbocycles. The number of nitrogens with one attached hydrogen (secondary N) is 2. The predicted octanol–water partition coefficient (Wildman–Crippen LogP) is 3.06. The molecule has 0 aliphatic carbocycles. The van der Waals surface area contributed by atoms with Crippen LogP contribution in [0.15, 0.2) is 64.7 Å². The van der Waals surface area contributed by atoms with Crippen LogP contribution in [0.25, 0.3) is 0 Å². The third-order valence-corrected chi connectivity index (χ3v) is 5.62. The first kappa shape index (κ1) is 20.0. The monoisotopic (exact) mass is 427 g/mol. The van der Waals surface area contributed by atoms with Crippen molar-refractivity contribution in [1.29, 1.82) is 0 Å². The van der Waals surface area contributed by atoms with E-state index in [1.165, 1.54) is 29.2 Å². The smallest absolute Gasteiger partial charge is 0.338 e. The van der Waals surface area contributed by atoms with Crippen molar-refractivity contribution in [3.8, 4) is 0 Å². The summed E-state index contributed by atoms with van der Waals surface area (Å²) in [7, 11) is 0. The second-order valence-corrected chi connectivity index (χ2v) is 7.61. The van der Waals surface area contributed by atoms with Gasteiger partial charge in [0, 0.05) is 10.6 Å². The van der Waals surface area contributed by atoms with E-state index in [0.717, 1.165) is 10.5 Å². The van der Waals surface area contributed by atoms with Crippen molar-refractivity contribution in [3.63, 3.8) is 0 Å². The largest absolute Gasteiger partial charge is 0.456 e. The summed E-state index contributed by atoms with van der Waals surface area (Å²) in [5.74, 6) is -1.42. The standard InChI is InChI=1S/C21H18FN3O4S/c1-30-15-8-2-12(3-9-15)19-18-16(11-29-20(18)27)25(21(28)24-19)10-17(26)23-14-6-4-13(22)5-7-14/h2-9,19H,10-11H2,1H3,(H,23,26)(H,24,28). The molecule has 4 rings (SSSR count). The number of anilines is 1. The zero-order valence-corrected chi connectivity index (χ0v) is 16.8. The Bertz CT molecular complexity index is 1040. The van der Waals surface area contributed by atoms with Crippen molar-refractivity contribution in [2.24, 2.45) is 0 Å². The molecule has 0 bridgehead atoms. The van der Waals surface area contributed by atoms with Crippen molar-refractivity contribution in [2.75, 3.05) is 24.7 Å². The highest BCUT2D eigenvalue weighted by Crippen LogP contribution is 2.35. The van der Waals surface area contributed by atoms with E-state index >= 15 is 0 Å². The van der Waals surface area contributed by atoms with Gasteiger partial charge in [-0.05, 0) is 48.2 Å². The molecule has 1 atom stereocenters. The minimum atomic E-state index is -0.644. The summed E-state index contributed by atoms with van der Waals surface area (Å²) < 4.78 is 18.2. The molecule has 2 N–H and O–H groups in total. The number of cyclic esters (lactones) is 1. The normalized spacial score (nSPS) is 18.1. The average molecular weight is 427 g/mol. The quantitative estimate of drug-likeness (QED) is 0.566. The molecule has 0 fully saturated rings. The maximum Gasteiger partial charge on any atom is 0.338 e. The van der Waals surface area contributed by atoms with E-state index in [4.69, 9.17) is 4.74 Å². The van der Waals surface area contributed by atoms with Gasteiger partial charge < -0.3 is 15.4 Å². The maximum atomic E-state index is 13.0. The number of rotatable bonds is 5. The molecule has 3 amide bonds. The summed E-state index contributed by atoms with van der Waals surface area (Å²) in [6.45, 7) is -0.387. The molecule has 0 radical (unpaired) electrons. The number of carbonyl (C=O) groups is 3. The molecule has 154 valence electrons. The molecule has 0 aromatic heterocycles. The molecule has 2 heterocycles. The van der Waals surface area contributed by atoms with Gasteiger partial charge in [-0.1, -0.05) is 12.1 Å². The van der Waals surface area contributed by atoms with Gasteiger partial charge in [0.2, 0.25) is 5.91 Å². The number of hydrogen-bond donors (Lipinski definition) is 2. The van der Waals surface area contributed by atoms with Crippen LogP contribution in [0, 0.1) is 5.82 Å². The zero-order chi connectivity index (χ0) is 21.3. The molecule has 2 aliphatic heterocycles. The van der Waals surface area contributed by atoms with Gasteiger partial charge in [-0.25, -0.2) is 14.0 Å². The van der Waals surface area contributed by atoms with Crippen LogP contribution in [0.4, 0.5) is 14.9 Å². The summed E-state index contributed by atoms with van der Waals surface area (Å²) in [4.78, 5) is 39.8. The lowest BCUT2D eigenvalue weighted by Gasteiger charge is -2.32. The Morgan fingerprint density at radius 2 is 1.90 bits per heavy atom. The van der Waals surface area contributed by atoms with E-state index in [-0.39, 0.29) is 13.2 Å². The van der Waals surface area contributed by atoms with Crippen LogP contribution in [0.5, 0.6) is 0 Å². The highest BCUT2D eigenvalue weighted by atomic mass is 32.2. The average Bonchev–Trinajstić information content (AvgIpc) is 3.13.